The highest BCUT2D eigenvalue weighted by atomic mass is 16.5. The SMILES string of the molecule is CC(=O)N1CCC[C@H]1C(=O)NCCCOCCOCCOCCCN. The summed E-state index contributed by atoms with van der Waals surface area (Å²) in [4.78, 5) is 25.2. The first kappa shape index (κ1) is 21.8. The molecule has 1 aliphatic heterocycles. The molecule has 0 aromatic carbocycles. The van der Waals surface area contributed by atoms with E-state index in [1.165, 1.54) is 6.92 Å². The highest BCUT2D eigenvalue weighted by Gasteiger charge is 2.31. The smallest absolute Gasteiger partial charge is 0.242 e. The number of rotatable bonds is 14. The van der Waals surface area contributed by atoms with E-state index in [9.17, 15) is 9.59 Å². The first-order chi connectivity index (χ1) is 12.2. The first-order valence-electron chi connectivity index (χ1n) is 9.15. The quantitative estimate of drug-likeness (QED) is 0.420. The van der Waals surface area contributed by atoms with E-state index in [0.29, 0.717) is 59.3 Å². The lowest BCUT2D eigenvalue weighted by Gasteiger charge is -2.22. The second-order valence-corrected chi connectivity index (χ2v) is 5.99. The first-order valence-corrected chi connectivity index (χ1v) is 9.15. The van der Waals surface area contributed by atoms with Crippen molar-refractivity contribution in [1.29, 1.82) is 0 Å². The van der Waals surface area contributed by atoms with Gasteiger partial charge in [0, 0.05) is 33.2 Å². The number of nitrogens with one attached hydrogen (secondary N) is 1. The molecule has 1 rings (SSSR count). The van der Waals surface area contributed by atoms with Crippen LogP contribution in [-0.2, 0) is 23.8 Å². The average Bonchev–Trinajstić information content (AvgIpc) is 3.09. The number of nitrogens with two attached hydrogens (primary N) is 1. The molecule has 0 bridgehead atoms. The van der Waals surface area contributed by atoms with Crippen LogP contribution in [0.4, 0.5) is 0 Å². The lowest BCUT2D eigenvalue weighted by atomic mass is 10.2. The van der Waals surface area contributed by atoms with E-state index in [2.05, 4.69) is 5.32 Å². The van der Waals surface area contributed by atoms with Gasteiger partial charge in [-0.25, -0.2) is 0 Å². The molecule has 0 spiro atoms. The van der Waals surface area contributed by atoms with E-state index in [1.54, 1.807) is 4.90 Å². The summed E-state index contributed by atoms with van der Waals surface area (Å²) < 4.78 is 16.1. The summed E-state index contributed by atoms with van der Waals surface area (Å²) in [7, 11) is 0. The van der Waals surface area contributed by atoms with Gasteiger partial charge in [-0.05, 0) is 32.2 Å². The maximum atomic E-state index is 12.1. The molecule has 0 aromatic rings. The van der Waals surface area contributed by atoms with Crippen LogP contribution in [0.15, 0.2) is 0 Å². The summed E-state index contributed by atoms with van der Waals surface area (Å²) in [6.45, 7) is 6.80. The lowest BCUT2D eigenvalue weighted by Crippen LogP contribution is -2.45. The summed E-state index contributed by atoms with van der Waals surface area (Å²) in [6, 6.07) is -0.307. The molecule has 0 saturated carbocycles. The summed E-state index contributed by atoms with van der Waals surface area (Å²) in [5.41, 5.74) is 5.36. The zero-order valence-corrected chi connectivity index (χ0v) is 15.3. The van der Waals surface area contributed by atoms with Crippen LogP contribution < -0.4 is 11.1 Å². The monoisotopic (exact) mass is 359 g/mol. The number of ether oxygens (including phenoxy) is 3. The summed E-state index contributed by atoms with van der Waals surface area (Å²) in [5, 5.41) is 2.88. The Morgan fingerprint density at radius 1 is 1.04 bits per heavy atom. The maximum absolute atomic E-state index is 12.1. The molecule has 8 heteroatoms. The van der Waals surface area contributed by atoms with Gasteiger partial charge in [-0.3, -0.25) is 9.59 Å². The average molecular weight is 359 g/mol. The largest absolute Gasteiger partial charge is 0.379 e. The van der Waals surface area contributed by atoms with E-state index in [0.717, 1.165) is 25.7 Å². The van der Waals surface area contributed by atoms with Crippen molar-refractivity contribution in [3.8, 4) is 0 Å². The second kappa shape index (κ2) is 14.0. The molecule has 1 fully saturated rings. The van der Waals surface area contributed by atoms with E-state index in [1.807, 2.05) is 0 Å². The minimum absolute atomic E-state index is 0.0363. The Labute approximate surface area is 150 Å². The number of likely N-dealkylation sites (tertiary alicyclic amines) is 1. The van der Waals surface area contributed by atoms with Crippen LogP contribution in [0.1, 0.15) is 32.6 Å². The van der Waals surface area contributed by atoms with E-state index < -0.39 is 0 Å². The molecule has 0 aromatic heterocycles. The van der Waals surface area contributed by atoms with Crippen molar-refractivity contribution in [3.05, 3.63) is 0 Å². The molecule has 3 N–H and O–H groups in total. The second-order valence-electron chi connectivity index (χ2n) is 5.99. The van der Waals surface area contributed by atoms with Crippen LogP contribution in [0.25, 0.3) is 0 Å². The van der Waals surface area contributed by atoms with Crippen molar-refractivity contribution in [1.82, 2.24) is 10.2 Å². The van der Waals surface area contributed by atoms with Crippen LogP contribution >= 0.6 is 0 Å². The zero-order chi connectivity index (χ0) is 18.3. The Morgan fingerprint density at radius 2 is 1.64 bits per heavy atom. The van der Waals surface area contributed by atoms with Gasteiger partial charge in [0.15, 0.2) is 0 Å². The van der Waals surface area contributed by atoms with Crippen LogP contribution in [-0.4, -0.2) is 82.0 Å². The lowest BCUT2D eigenvalue weighted by molar-refractivity contribution is -0.136. The topological polar surface area (TPSA) is 103 Å². The number of carbonyl (C=O) groups is 2. The molecular formula is C17H33N3O5. The molecule has 0 unspecified atom stereocenters. The number of hydrogen-bond donors (Lipinski definition) is 2. The molecule has 0 aliphatic carbocycles. The van der Waals surface area contributed by atoms with E-state index >= 15 is 0 Å². The zero-order valence-electron chi connectivity index (χ0n) is 15.3. The van der Waals surface area contributed by atoms with Crippen molar-refractivity contribution >= 4 is 11.8 Å². The summed E-state index contributed by atoms with van der Waals surface area (Å²) >= 11 is 0. The van der Waals surface area contributed by atoms with Crippen LogP contribution in [0.5, 0.6) is 0 Å². The predicted octanol–water partition coefficient (Wildman–Crippen LogP) is -0.0978. The molecule has 25 heavy (non-hydrogen) atoms. The minimum atomic E-state index is -0.307. The fourth-order valence-corrected chi connectivity index (χ4v) is 2.65. The molecule has 1 heterocycles. The molecule has 2 amide bonds. The van der Waals surface area contributed by atoms with Gasteiger partial charge >= 0.3 is 0 Å². The Balaban J connectivity index is 1.88. The molecule has 1 aliphatic rings. The highest BCUT2D eigenvalue weighted by Crippen LogP contribution is 2.17. The van der Waals surface area contributed by atoms with Crippen LogP contribution in [0.2, 0.25) is 0 Å². The predicted molar refractivity (Wildman–Crippen MR) is 94.2 cm³/mol. The standard InChI is InChI=1S/C17H33N3O5/c1-15(21)20-8-2-5-16(20)17(22)19-7-4-10-24-12-14-25-13-11-23-9-3-6-18/h16H,2-14,18H2,1H3,(H,19,22)/t16-/m0/s1. The van der Waals surface area contributed by atoms with Gasteiger partial charge in [-0.2, -0.15) is 0 Å². The van der Waals surface area contributed by atoms with Crippen molar-refractivity contribution in [3.63, 3.8) is 0 Å². The minimum Gasteiger partial charge on any atom is -0.379 e. The van der Waals surface area contributed by atoms with Gasteiger partial charge in [0.2, 0.25) is 11.8 Å². The molecule has 1 atom stereocenters. The van der Waals surface area contributed by atoms with Gasteiger partial charge in [-0.15, -0.1) is 0 Å². The summed E-state index contributed by atoms with van der Waals surface area (Å²) in [6.07, 6.45) is 3.24. The molecule has 1 saturated heterocycles. The number of carbonyl (C=O) groups excluding carboxylic acids is 2. The van der Waals surface area contributed by atoms with Crippen LogP contribution in [0.3, 0.4) is 0 Å². The van der Waals surface area contributed by atoms with Crippen molar-refractivity contribution < 1.29 is 23.8 Å². The maximum Gasteiger partial charge on any atom is 0.242 e. The Kier molecular flexibility index (Phi) is 12.2. The van der Waals surface area contributed by atoms with Gasteiger partial charge in [0.25, 0.3) is 0 Å². The van der Waals surface area contributed by atoms with Gasteiger partial charge in [-0.1, -0.05) is 0 Å². The molecule has 0 radical (unpaired) electrons. The Morgan fingerprint density at radius 3 is 2.24 bits per heavy atom. The van der Waals surface area contributed by atoms with Crippen molar-refractivity contribution in [2.75, 3.05) is 59.3 Å². The Bertz CT molecular complexity index is 381. The van der Waals surface area contributed by atoms with Crippen LogP contribution in [0, 0.1) is 0 Å². The number of nitrogens with zero attached hydrogens (tertiary/aromatic N) is 1. The molecule has 146 valence electrons. The highest BCUT2D eigenvalue weighted by molar-refractivity contribution is 5.87. The number of hydrogen-bond acceptors (Lipinski definition) is 6. The van der Waals surface area contributed by atoms with Gasteiger partial charge in [0.1, 0.15) is 6.04 Å². The van der Waals surface area contributed by atoms with Crippen molar-refractivity contribution in [2.24, 2.45) is 5.73 Å². The van der Waals surface area contributed by atoms with E-state index in [-0.39, 0.29) is 17.9 Å². The van der Waals surface area contributed by atoms with Gasteiger partial charge in [0.05, 0.1) is 26.4 Å². The molecule has 8 nitrogen and oxygen atoms in total. The normalized spacial score (nSPS) is 17.0. The third-order valence-corrected chi connectivity index (χ3v) is 3.96. The summed E-state index contributed by atoms with van der Waals surface area (Å²) in [5.74, 6) is -0.101. The fourth-order valence-electron chi connectivity index (χ4n) is 2.65. The number of amides is 2. The third-order valence-electron chi connectivity index (χ3n) is 3.96. The van der Waals surface area contributed by atoms with E-state index in [4.69, 9.17) is 19.9 Å². The Hall–Kier alpha value is -1.22. The third kappa shape index (κ3) is 9.74. The fraction of sp³-hybridized carbons (Fsp3) is 0.882. The molecular weight excluding hydrogens is 326 g/mol. The van der Waals surface area contributed by atoms with Gasteiger partial charge < -0.3 is 30.2 Å². The van der Waals surface area contributed by atoms with Crippen molar-refractivity contribution in [2.45, 2.75) is 38.6 Å².